The molecule has 0 unspecified atom stereocenters. The molecule has 2 N–H and O–H groups in total. The van der Waals surface area contributed by atoms with Crippen LogP contribution in [-0.4, -0.2) is 48.6 Å². The van der Waals surface area contributed by atoms with E-state index in [-0.39, 0.29) is 36.2 Å². The van der Waals surface area contributed by atoms with Gasteiger partial charge in [-0.15, -0.1) is 0 Å². The van der Waals surface area contributed by atoms with Crippen LogP contribution in [0.15, 0.2) is 54.6 Å². The zero-order valence-corrected chi connectivity index (χ0v) is 32.8. The summed E-state index contributed by atoms with van der Waals surface area (Å²) in [5.74, 6) is -0.289. The average Bonchev–Trinajstić information content (AvgIpc) is 3.20. The van der Waals surface area contributed by atoms with Crippen LogP contribution in [0, 0.1) is 23.5 Å². The molecule has 2 fully saturated rings. The number of hydrogen-bond donors (Lipinski definition) is 2. The lowest BCUT2D eigenvalue weighted by Crippen LogP contribution is -2.25. The second-order valence-corrected chi connectivity index (χ2v) is 15.7. The molecule has 2 aliphatic rings. The van der Waals surface area contributed by atoms with Gasteiger partial charge in [-0.2, -0.15) is 0 Å². The average molecular weight is 751 g/mol. The molecule has 2 aliphatic carbocycles. The van der Waals surface area contributed by atoms with Crippen molar-refractivity contribution in [1.82, 2.24) is 0 Å². The minimum Gasteiger partial charge on any atom is -0.462 e. The van der Waals surface area contributed by atoms with Gasteiger partial charge in [-0.3, -0.25) is 0 Å². The fraction of sp³-hybridized carbons (Fsp3) is 0.609. The predicted molar refractivity (Wildman–Crippen MR) is 210 cm³/mol. The van der Waals surface area contributed by atoms with Crippen molar-refractivity contribution in [2.75, 3.05) is 26.4 Å². The van der Waals surface area contributed by atoms with Crippen LogP contribution in [0.3, 0.4) is 0 Å². The van der Waals surface area contributed by atoms with Crippen LogP contribution in [0.5, 0.6) is 0 Å². The molecular formula is C46H64F2O6. The molecule has 0 atom stereocenters. The Morgan fingerprint density at radius 1 is 0.704 bits per heavy atom. The highest BCUT2D eigenvalue weighted by Gasteiger charge is 2.33. The highest BCUT2D eigenvalue weighted by atomic mass is 19.2. The Morgan fingerprint density at radius 3 is 1.72 bits per heavy atom. The van der Waals surface area contributed by atoms with Gasteiger partial charge < -0.3 is 19.7 Å². The Bertz CT molecular complexity index is 1500. The van der Waals surface area contributed by atoms with Crippen LogP contribution in [0.25, 0.3) is 0 Å². The van der Waals surface area contributed by atoms with Crippen molar-refractivity contribution in [2.24, 2.45) is 11.8 Å². The monoisotopic (exact) mass is 750 g/mol. The first-order chi connectivity index (χ1) is 26.1. The highest BCUT2D eigenvalue weighted by Crippen LogP contribution is 2.47. The summed E-state index contributed by atoms with van der Waals surface area (Å²) in [5, 5.41) is 18.3. The number of esters is 2. The van der Waals surface area contributed by atoms with E-state index in [1.165, 1.54) is 29.5 Å². The van der Waals surface area contributed by atoms with Gasteiger partial charge in [0.1, 0.15) is 0 Å². The Balaban J connectivity index is 1.32. The Labute approximate surface area is 322 Å². The Hall–Kier alpha value is -3.36. The van der Waals surface area contributed by atoms with Crippen molar-refractivity contribution in [3.63, 3.8) is 0 Å². The SMILES string of the molecule is C=C(CO)C(=O)OCCCC(CCCOC(=O)C(=C)CO)c1ccc(C2CCC(C3CCC(c4ccc(CCCCC)c(F)c4F)CC3)CC2)c(CC)c1. The molecule has 0 bridgehead atoms. The number of carbonyl (C=O) groups is 2. The molecule has 8 heteroatoms. The van der Waals surface area contributed by atoms with Crippen LogP contribution in [-0.2, 0) is 31.9 Å². The number of unbranched alkanes of at least 4 members (excludes halogenated alkanes) is 2. The van der Waals surface area contributed by atoms with Crippen molar-refractivity contribution in [1.29, 1.82) is 0 Å². The molecule has 54 heavy (non-hydrogen) atoms. The molecule has 298 valence electrons. The second kappa shape index (κ2) is 22.3. The van der Waals surface area contributed by atoms with Crippen molar-refractivity contribution < 1.29 is 38.1 Å². The zero-order valence-electron chi connectivity index (χ0n) is 32.8. The molecule has 0 amide bonds. The first kappa shape index (κ1) is 43.4. The molecule has 2 saturated carbocycles. The number of hydrogen-bond acceptors (Lipinski definition) is 6. The number of benzene rings is 2. The van der Waals surface area contributed by atoms with Gasteiger partial charge >= 0.3 is 11.9 Å². The predicted octanol–water partition coefficient (Wildman–Crippen LogP) is 10.3. The van der Waals surface area contributed by atoms with Crippen molar-refractivity contribution in [3.05, 3.63) is 94.1 Å². The van der Waals surface area contributed by atoms with Gasteiger partial charge in [-0.1, -0.05) is 70.2 Å². The summed E-state index contributed by atoms with van der Waals surface area (Å²) >= 11 is 0. The summed E-state index contributed by atoms with van der Waals surface area (Å²) in [6.07, 6.45) is 16.1. The third-order valence-corrected chi connectivity index (χ3v) is 12.2. The lowest BCUT2D eigenvalue weighted by atomic mass is 9.67. The van der Waals surface area contributed by atoms with Crippen molar-refractivity contribution in [3.8, 4) is 0 Å². The van der Waals surface area contributed by atoms with Gasteiger partial charge in [0.2, 0.25) is 0 Å². The second-order valence-electron chi connectivity index (χ2n) is 15.7. The molecule has 0 saturated heterocycles. The van der Waals surface area contributed by atoms with E-state index in [9.17, 15) is 14.0 Å². The number of aliphatic hydroxyl groups is 2. The largest absolute Gasteiger partial charge is 0.462 e. The highest BCUT2D eigenvalue weighted by molar-refractivity contribution is 5.88. The summed E-state index contributed by atoms with van der Waals surface area (Å²) in [4.78, 5) is 23.9. The minimum absolute atomic E-state index is 0.0336. The van der Waals surface area contributed by atoms with Gasteiger partial charge in [0, 0.05) is 0 Å². The van der Waals surface area contributed by atoms with E-state index < -0.39 is 36.8 Å². The molecule has 0 radical (unpaired) electrons. The summed E-state index contributed by atoms with van der Waals surface area (Å²) in [6, 6.07) is 10.6. The number of aliphatic hydroxyl groups excluding tert-OH is 2. The summed E-state index contributed by atoms with van der Waals surface area (Å²) in [7, 11) is 0. The molecule has 0 aliphatic heterocycles. The van der Waals surface area contributed by atoms with Crippen LogP contribution >= 0.6 is 0 Å². The van der Waals surface area contributed by atoms with E-state index in [0.29, 0.717) is 48.1 Å². The fourth-order valence-electron chi connectivity index (χ4n) is 8.87. The summed E-state index contributed by atoms with van der Waals surface area (Å²) < 4.78 is 40.7. The number of halogens is 2. The smallest absolute Gasteiger partial charge is 0.335 e. The van der Waals surface area contributed by atoms with E-state index in [1.807, 2.05) is 12.1 Å². The van der Waals surface area contributed by atoms with Gasteiger partial charge in [0.15, 0.2) is 11.6 Å². The van der Waals surface area contributed by atoms with Crippen molar-refractivity contribution >= 4 is 11.9 Å². The maximum atomic E-state index is 15.2. The molecule has 4 rings (SSSR count). The molecule has 6 nitrogen and oxygen atoms in total. The standard InChI is InChI=1S/C46H64F2O6/c1-5-7-8-11-39-22-25-42(44(48)43(39)47)38-20-16-36(17-21-38)35-14-18-37(19-15-35)41-24-23-40(28-33(41)6-2)34(12-9-26-53-45(51)31(3)29-49)13-10-27-54-46(52)32(4)30-50/h22-25,28,34-38,49-50H,3-21,26-27,29-30H2,1-2H3. The number of carbonyl (C=O) groups excluding carboxylic acids is 2. The van der Waals surface area contributed by atoms with Crippen LogP contribution in [0.2, 0.25) is 0 Å². The summed E-state index contributed by atoms with van der Waals surface area (Å²) in [6.45, 7) is 11.0. The van der Waals surface area contributed by atoms with Gasteiger partial charge in [0.25, 0.3) is 0 Å². The fourth-order valence-corrected chi connectivity index (χ4v) is 8.87. The lowest BCUT2D eigenvalue weighted by molar-refractivity contribution is -0.140. The first-order valence-electron chi connectivity index (χ1n) is 20.6. The summed E-state index contributed by atoms with van der Waals surface area (Å²) in [5.41, 5.74) is 5.18. The maximum absolute atomic E-state index is 15.2. The van der Waals surface area contributed by atoms with E-state index >= 15 is 4.39 Å². The van der Waals surface area contributed by atoms with E-state index in [4.69, 9.17) is 19.7 Å². The third kappa shape index (κ3) is 12.1. The van der Waals surface area contributed by atoms with E-state index in [0.717, 1.165) is 77.0 Å². The quantitative estimate of drug-likeness (QED) is 0.0750. The minimum atomic E-state index is -0.631. The van der Waals surface area contributed by atoms with Gasteiger partial charge in [-0.05, 0) is 154 Å². The number of aryl methyl sites for hydroxylation is 2. The molecule has 2 aromatic rings. The van der Waals surface area contributed by atoms with Crippen LogP contribution < -0.4 is 0 Å². The first-order valence-corrected chi connectivity index (χ1v) is 20.6. The van der Waals surface area contributed by atoms with Crippen LogP contribution in [0.1, 0.15) is 156 Å². The van der Waals surface area contributed by atoms with Gasteiger partial charge in [0.05, 0.1) is 37.6 Å². The van der Waals surface area contributed by atoms with E-state index in [1.54, 1.807) is 0 Å². The third-order valence-electron chi connectivity index (χ3n) is 12.2. The van der Waals surface area contributed by atoms with Crippen molar-refractivity contribution in [2.45, 2.75) is 141 Å². The molecule has 0 heterocycles. The molecule has 0 spiro atoms. The molecule has 0 aromatic heterocycles. The Kier molecular flexibility index (Phi) is 17.9. The number of rotatable bonds is 21. The normalized spacial score (nSPS) is 20.1. The molecule has 2 aromatic carbocycles. The molecular weight excluding hydrogens is 686 g/mol. The Morgan fingerprint density at radius 2 is 1.22 bits per heavy atom. The number of ether oxygens (including phenoxy) is 2. The topological polar surface area (TPSA) is 93.1 Å². The van der Waals surface area contributed by atoms with Gasteiger partial charge in [-0.25, -0.2) is 18.4 Å². The maximum Gasteiger partial charge on any atom is 0.335 e. The lowest BCUT2D eigenvalue weighted by Gasteiger charge is -2.38. The van der Waals surface area contributed by atoms with Crippen LogP contribution in [0.4, 0.5) is 8.78 Å². The zero-order chi connectivity index (χ0) is 39.0. The van der Waals surface area contributed by atoms with E-state index in [2.05, 4.69) is 45.2 Å².